The predicted octanol–water partition coefficient (Wildman–Crippen LogP) is 6.62. The van der Waals surface area contributed by atoms with E-state index in [0.717, 1.165) is 27.9 Å². The lowest BCUT2D eigenvalue weighted by Crippen LogP contribution is -2.37. The standard InChI is InChI=1S/C21H20INOSi/c1-25(2,3)16-13-11-15(12-14-16)23(22)19-9-6-8-18-17-7-4-5-10-20(17)24-21(18)19/h4-14H,1-3H3. The number of fused-ring (bicyclic) bond motifs is 3. The van der Waals surface area contributed by atoms with E-state index in [2.05, 4.69) is 100 Å². The normalized spacial score (nSPS) is 12.0. The Morgan fingerprint density at radius 1 is 0.800 bits per heavy atom. The van der Waals surface area contributed by atoms with E-state index in [-0.39, 0.29) is 0 Å². The Kier molecular flexibility index (Phi) is 4.12. The Morgan fingerprint density at radius 2 is 1.48 bits per heavy atom. The maximum absolute atomic E-state index is 6.16. The summed E-state index contributed by atoms with van der Waals surface area (Å²) in [7, 11) is -1.28. The molecule has 4 heteroatoms. The first-order valence-corrected chi connectivity index (χ1v) is 12.9. The van der Waals surface area contributed by atoms with Crippen molar-refractivity contribution in [2.24, 2.45) is 0 Å². The smallest absolute Gasteiger partial charge is 0.159 e. The van der Waals surface area contributed by atoms with Crippen LogP contribution < -0.4 is 8.30 Å². The number of hydrogen-bond donors (Lipinski definition) is 0. The minimum Gasteiger partial charge on any atom is -0.454 e. The molecule has 0 saturated carbocycles. The lowest BCUT2D eigenvalue weighted by molar-refractivity contribution is 0.670. The highest BCUT2D eigenvalue weighted by molar-refractivity contribution is 14.1. The predicted molar refractivity (Wildman–Crippen MR) is 119 cm³/mol. The van der Waals surface area contributed by atoms with E-state index in [4.69, 9.17) is 4.42 Å². The monoisotopic (exact) mass is 457 g/mol. The molecular formula is C21H20INOSi. The van der Waals surface area contributed by atoms with Gasteiger partial charge in [0.05, 0.1) is 42.3 Å². The summed E-state index contributed by atoms with van der Waals surface area (Å²) in [5.41, 5.74) is 4.11. The summed E-state index contributed by atoms with van der Waals surface area (Å²) in [6.07, 6.45) is 0. The number of benzene rings is 3. The molecule has 1 aromatic heterocycles. The summed E-state index contributed by atoms with van der Waals surface area (Å²) in [4.78, 5) is 0. The highest BCUT2D eigenvalue weighted by Gasteiger charge is 2.18. The van der Waals surface area contributed by atoms with Gasteiger partial charge >= 0.3 is 0 Å². The van der Waals surface area contributed by atoms with Crippen LogP contribution in [0.15, 0.2) is 71.1 Å². The molecule has 0 aliphatic rings. The van der Waals surface area contributed by atoms with Gasteiger partial charge in [-0.1, -0.05) is 67.3 Å². The molecule has 0 amide bonds. The zero-order valence-corrected chi connectivity index (χ0v) is 17.7. The van der Waals surface area contributed by atoms with E-state index in [0.29, 0.717) is 0 Å². The molecule has 4 rings (SSSR count). The number of nitrogens with zero attached hydrogens (tertiary/aromatic N) is 1. The lowest BCUT2D eigenvalue weighted by atomic mass is 10.1. The van der Waals surface area contributed by atoms with Gasteiger partial charge in [0.25, 0.3) is 0 Å². The van der Waals surface area contributed by atoms with Crippen LogP contribution in [0.5, 0.6) is 0 Å². The molecule has 0 unspecified atom stereocenters. The summed E-state index contributed by atoms with van der Waals surface area (Å²) in [5.74, 6) is 0. The average Bonchev–Trinajstić information content (AvgIpc) is 2.99. The molecule has 0 fully saturated rings. The van der Waals surface area contributed by atoms with Gasteiger partial charge in [0.1, 0.15) is 5.58 Å². The summed E-state index contributed by atoms with van der Waals surface area (Å²) in [6, 6.07) is 23.5. The number of hydrogen-bond acceptors (Lipinski definition) is 2. The molecule has 3 aromatic carbocycles. The average molecular weight is 457 g/mol. The molecule has 0 atom stereocenters. The van der Waals surface area contributed by atoms with Gasteiger partial charge in [-0.3, -0.25) is 3.11 Å². The third-order valence-corrected chi connectivity index (χ3v) is 7.70. The number of furan rings is 1. The van der Waals surface area contributed by atoms with E-state index in [9.17, 15) is 0 Å². The van der Waals surface area contributed by atoms with Crippen molar-refractivity contribution in [1.82, 2.24) is 0 Å². The van der Waals surface area contributed by atoms with Gasteiger partial charge < -0.3 is 4.42 Å². The fraction of sp³-hybridized carbons (Fsp3) is 0.143. The van der Waals surface area contributed by atoms with Gasteiger partial charge in [0.15, 0.2) is 5.58 Å². The van der Waals surface area contributed by atoms with Gasteiger partial charge in [-0.05, 0) is 24.3 Å². The number of rotatable bonds is 3. The maximum Gasteiger partial charge on any atom is 0.159 e. The third kappa shape index (κ3) is 2.98. The molecule has 2 nitrogen and oxygen atoms in total. The second-order valence-corrected chi connectivity index (χ2v) is 13.4. The molecule has 25 heavy (non-hydrogen) atoms. The zero-order chi connectivity index (χ0) is 17.6. The Labute approximate surface area is 163 Å². The topological polar surface area (TPSA) is 16.4 Å². The number of para-hydroxylation sites is 2. The van der Waals surface area contributed by atoms with Crippen molar-refractivity contribution < 1.29 is 4.42 Å². The van der Waals surface area contributed by atoms with Gasteiger partial charge in [0.2, 0.25) is 0 Å². The first-order valence-electron chi connectivity index (χ1n) is 8.42. The van der Waals surface area contributed by atoms with E-state index < -0.39 is 8.07 Å². The second-order valence-electron chi connectivity index (χ2n) is 7.33. The molecule has 0 spiro atoms. The molecule has 0 aliphatic heterocycles. The first kappa shape index (κ1) is 16.7. The Bertz CT molecular complexity index is 1050. The van der Waals surface area contributed by atoms with Crippen LogP contribution in [0.4, 0.5) is 11.4 Å². The van der Waals surface area contributed by atoms with Crippen LogP contribution in [0.25, 0.3) is 21.9 Å². The number of halogens is 1. The van der Waals surface area contributed by atoms with Crippen LogP contribution in [0.2, 0.25) is 19.6 Å². The third-order valence-electron chi connectivity index (χ3n) is 4.56. The fourth-order valence-electron chi connectivity index (χ4n) is 3.12. The quantitative estimate of drug-likeness (QED) is 0.195. The molecule has 0 bridgehead atoms. The van der Waals surface area contributed by atoms with E-state index in [1.807, 2.05) is 12.1 Å². The van der Waals surface area contributed by atoms with E-state index in [1.165, 1.54) is 10.6 Å². The van der Waals surface area contributed by atoms with Crippen molar-refractivity contribution in [3.05, 3.63) is 66.7 Å². The van der Waals surface area contributed by atoms with Gasteiger partial charge in [-0.2, -0.15) is 0 Å². The summed E-state index contributed by atoms with van der Waals surface area (Å²) < 4.78 is 8.34. The number of anilines is 2. The molecule has 0 radical (unpaired) electrons. The molecule has 1 heterocycles. The largest absolute Gasteiger partial charge is 0.454 e. The van der Waals surface area contributed by atoms with Crippen molar-refractivity contribution >= 4 is 69.4 Å². The van der Waals surface area contributed by atoms with Crippen molar-refractivity contribution in [3.63, 3.8) is 0 Å². The Balaban J connectivity index is 1.81. The molecule has 126 valence electrons. The highest BCUT2D eigenvalue weighted by Crippen LogP contribution is 2.39. The fourth-order valence-corrected chi connectivity index (χ4v) is 4.99. The van der Waals surface area contributed by atoms with Crippen LogP contribution in [0.3, 0.4) is 0 Å². The van der Waals surface area contributed by atoms with Crippen molar-refractivity contribution in [2.45, 2.75) is 19.6 Å². The van der Waals surface area contributed by atoms with Crippen LogP contribution >= 0.6 is 22.9 Å². The molecule has 0 aliphatic carbocycles. The molecule has 0 saturated heterocycles. The zero-order valence-electron chi connectivity index (χ0n) is 14.6. The highest BCUT2D eigenvalue weighted by atomic mass is 127. The van der Waals surface area contributed by atoms with Gasteiger partial charge in [0, 0.05) is 10.8 Å². The minimum atomic E-state index is -1.28. The minimum absolute atomic E-state index is 0.934. The van der Waals surface area contributed by atoms with Crippen molar-refractivity contribution in [1.29, 1.82) is 0 Å². The summed E-state index contributed by atoms with van der Waals surface area (Å²) in [5, 5.41) is 3.80. The second kappa shape index (κ2) is 6.18. The van der Waals surface area contributed by atoms with E-state index in [1.54, 1.807) is 0 Å². The SMILES string of the molecule is C[Si](C)(C)c1ccc(N(I)c2cccc3c2oc2ccccc23)cc1. The summed E-state index contributed by atoms with van der Waals surface area (Å²) >= 11 is 2.36. The first-order chi connectivity index (χ1) is 11.9. The molecular weight excluding hydrogens is 437 g/mol. The maximum atomic E-state index is 6.16. The van der Waals surface area contributed by atoms with Gasteiger partial charge in [-0.15, -0.1) is 0 Å². The van der Waals surface area contributed by atoms with E-state index >= 15 is 0 Å². The van der Waals surface area contributed by atoms with Gasteiger partial charge in [-0.25, -0.2) is 0 Å². The van der Waals surface area contributed by atoms with Crippen molar-refractivity contribution in [2.75, 3.05) is 3.11 Å². The lowest BCUT2D eigenvalue weighted by Gasteiger charge is -2.20. The Morgan fingerprint density at radius 3 is 2.20 bits per heavy atom. The van der Waals surface area contributed by atoms with Crippen LogP contribution in [0.1, 0.15) is 0 Å². The summed E-state index contributed by atoms with van der Waals surface area (Å²) in [6.45, 7) is 7.12. The van der Waals surface area contributed by atoms with Crippen LogP contribution in [0, 0.1) is 0 Å². The van der Waals surface area contributed by atoms with Crippen LogP contribution in [-0.4, -0.2) is 8.07 Å². The Hall–Kier alpha value is -1.79. The van der Waals surface area contributed by atoms with Crippen LogP contribution in [-0.2, 0) is 0 Å². The molecule has 0 N–H and O–H groups in total. The van der Waals surface area contributed by atoms with Crippen molar-refractivity contribution in [3.8, 4) is 0 Å². The molecule has 4 aromatic rings.